The Morgan fingerprint density at radius 3 is 2.68 bits per heavy atom. The maximum Gasteiger partial charge on any atom is 0.252 e. The molecule has 3 aromatic rings. The van der Waals surface area contributed by atoms with Gasteiger partial charge in [-0.15, -0.1) is 11.8 Å². The van der Waals surface area contributed by atoms with Crippen molar-refractivity contribution in [2.75, 3.05) is 38.3 Å². The van der Waals surface area contributed by atoms with Crippen LogP contribution in [0, 0.1) is 0 Å². The second-order valence-corrected chi connectivity index (χ2v) is 8.72. The Morgan fingerprint density at radius 1 is 1.18 bits per heavy atom. The van der Waals surface area contributed by atoms with E-state index in [4.69, 9.17) is 16.6 Å². The number of hydrogen-bond acceptors (Lipinski definition) is 5. The van der Waals surface area contributed by atoms with Crippen LogP contribution in [0.3, 0.4) is 0 Å². The summed E-state index contributed by atoms with van der Waals surface area (Å²) in [6.07, 6.45) is 5.36. The fraction of sp³-hybridized carbons (Fsp3) is 0.238. The highest BCUT2D eigenvalue weighted by Gasteiger charge is 2.19. The van der Waals surface area contributed by atoms with E-state index in [-0.39, 0.29) is 5.91 Å². The summed E-state index contributed by atoms with van der Waals surface area (Å²) in [7, 11) is 3.98. The number of thiazole rings is 1. The fourth-order valence-corrected chi connectivity index (χ4v) is 4.50. The molecule has 0 aliphatic heterocycles. The summed E-state index contributed by atoms with van der Waals surface area (Å²) in [6, 6.07) is 13.6. The molecule has 1 amide bonds. The Bertz CT molecular complexity index is 1000. The second kappa shape index (κ2) is 9.56. The number of nitrogens with zero attached hydrogens (tertiary/aromatic N) is 3. The van der Waals surface area contributed by atoms with Gasteiger partial charge in [-0.2, -0.15) is 0 Å². The van der Waals surface area contributed by atoms with E-state index < -0.39 is 0 Å². The number of amides is 1. The predicted molar refractivity (Wildman–Crippen MR) is 123 cm³/mol. The first-order valence-electron chi connectivity index (χ1n) is 8.82. The number of hydrogen-bond donors (Lipinski definition) is 0. The molecule has 0 N–H and O–H groups in total. The summed E-state index contributed by atoms with van der Waals surface area (Å²) in [5.41, 5.74) is 1.77. The molecule has 7 heteroatoms. The van der Waals surface area contributed by atoms with Crippen molar-refractivity contribution in [3.05, 3.63) is 59.1 Å². The Kier molecular flexibility index (Phi) is 7.13. The third-order valence-electron chi connectivity index (χ3n) is 4.17. The topological polar surface area (TPSA) is 36.4 Å². The molecule has 3 rings (SSSR count). The summed E-state index contributed by atoms with van der Waals surface area (Å²) in [5, 5.41) is 1.34. The van der Waals surface area contributed by atoms with E-state index in [0.717, 1.165) is 27.2 Å². The van der Waals surface area contributed by atoms with Gasteiger partial charge in [-0.25, -0.2) is 4.98 Å². The molecule has 0 atom stereocenters. The maximum absolute atomic E-state index is 13.0. The number of anilines is 1. The maximum atomic E-state index is 13.0. The Morgan fingerprint density at radius 2 is 1.96 bits per heavy atom. The minimum absolute atomic E-state index is 0.105. The van der Waals surface area contributed by atoms with E-state index in [1.165, 1.54) is 0 Å². The lowest BCUT2D eigenvalue weighted by Gasteiger charge is -2.20. The van der Waals surface area contributed by atoms with Crippen LogP contribution in [0.1, 0.15) is 5.56 Å². The number of likely N-dealkylation sites (N-methyl/N-ethyl adjacent to an activating group) is 1. The molecule has 4 nitrogen and oxygen atoms in total. The molecule has 0 unspecified atom stereocenters. The van der Waals surface area contributed by atoms with Gasteiger partial charge in [-0.05, 0) is 50.2 Å². The summed E-state index contributed by atoms with van der Waals surface area (Å²) < 4.78 is 1.08. The molecular weight excluding hydrogens is 410 g/mol. The van der Waals surface area contributed by atoms with Crippen molar-refractivity contribution < 1.29 is 4.79 Å². The molecule has 1 heterocycles. The number of fused-ring (bicyclic) bond motifs is 1. The first-order chi connectivity index (χ1) is 13.5. The van der Waals surface area contributed by atoms with Crippen molar-refractivity contribution >= 4 is 62.0 Å². The lowest BCUT2D eigenvalue weighted by Crippen LogP contribution is -2.35. The zero-order valence-electron chi connectivity index (χ0n) is 16.1. The van der Waals surface area contributed by atoms with Crippen LogP contribution in [-0.4, -0.2) is 49.2 Å². The standard InChI is InChI=1S/C21H22ClN3OS2/c1-24(2)13-14-25(19(26)12-11-15-7-4-5-8-16(15)22)21-23-20-17(27-3)9-6-10-18(20)28-21/h4-12H,13-14H2,1-3H3. The monoisotopic (exact) mass is 431 g/mol. The molecule has 0 aliphatic rings. The molecule has 0 fully saturated rings. The van der Waals surface area contributed by atoms with Crippen molar-refractivity contribution in [3.8, 4) is 0 Å². The van der Waals surface area contributed by atoms with Gasteiger partial charge in [0.05, 0.1) is 10.2 Å². The molecule has 0 spiro atoms. The second-order valence-electron chi connectivity index (χ2n) is 6.45. The van der Waals surface area contributed by atoms with Gasteiger partial charge < -0.3 is 4.90 Å². The minimum Gasteiger partial charge on any atom is -0.308 e. The molecule has 0 saturated heterocycles. The lowest BCUT2D eigenvalue weighted by atomic mass is 10.2. The van der Waals surface area contributed by atoms with E-state index in [9.17, 15) is 4.79 Å². The van der Waals surface area contributed by atoms with Crippen LogP contribution in [0.5, 0.6) is 0 Å². The zero-order valence-corrected chi connectivity index (χ0v) is 18.4. The van der Waals surface area contributed by atoms with Gasteiger partial charge in [-0.1, -0.05) is 47.2 Å². The Hall–Kier alpha value is -1.86. The third kappa shape index (κ3) is 4.94. The van der Waals surface area contributed by atoms with Crippen molar-refractivity contribution in [2.45, 2.75) is 4.90 Å². The molecule has 0 aliphatic carbocycles. The van der Waals surface area contributed by atoms with E-state index in [0.29, 0.717) is 16.7 Å². The molecule has 146 valence electrons. The van der Waals surface area contributed by atoms with Crippen LogP contribution in [0.25, 0.3) is 16.3 Å². The number of thioether (sulfide) groups is 1. The number of halogens is 1. The van der Waals surface area contributed by atoms with Gasteiger partial charge in [0.2, 0.25) is 0 Å². The number of carbonyl (C=O) groups excluding carboxylic acids is 1. The number of para-hydroxylation sites is 1. The van der Waals surface area contributed by atoms with Gasteiger partial charge in [0.15, 0.2) is 5.13 Å². The fourth-order valence-electron chi connectivity index (χ4n) is 2.65. The highest BCUT2D eigenvalue weighted by Crippen LogP contribution is 2.34. The van der Waals surface area contributed by atoms with Crippen LogP contribution < -0.4 is 4.90 Å². The van der Waals surface area contributed by atoms with Crippen molar-refractivity contribution in [3.63, 3.8) is 0 Å². The normalized spacial score (nSPS) is 11.6. The number of rotatable bonds is 7. The highest BCUT2D eigenvalue weighted by molar-refractivity contribution is 7.98. The third-order valence-corrected chi connectivity index (χ3v) is 6.33. The molecule has 2 aromatic carbocycles. The summed E-state index contributed by atoms with van der Waals surface area (Å²) >= 11 is 9.40. The van der Waals surface area contributed by atoms with Crippen LogP contribution in [0.15, 0.2) is 53.4 Å². The van der Waals surface area contributed by atoms with E-state index >= 15 is 0 Å². The predicted octanol–water partition coefficient (Wildman–Crippen LogP) is 5.28. The molecular formula is C21H22ClN3OS2. The number of benzene rings is 2. The molecule has 0 radical (unpaired) electrons. The number of aromatic nitrogens is 1. The minimum atomic E-state index is -0.105. The van der Waals surface area contributed by atoms with Gasteiger partial charge >= 0.3 is 0 Å². The summed E-state index contributed by atoms with van der Waals surface area (Å²) in [6.45, 7) is 1.31. The first kappa shape index (κ1) is 20.9. The Labute approximate surface area is 178 Å². The summed E-state index contributed by atoms with van der Waals surface area (Å²) in [5.74, 6) is -0.105. The van der Waals surface area contributed by atoms with Crippen LogP contribution in [-0.2, 0) is 4.79 Å². The largest absolute Gasteiger partial charge is 0.308 e. The van der Waals surface area contributed by atoms with Crippen molar-refractivity contribution in [1.82, 2.24) is 9.88 Å². The van der Waals surface area contributed by atoms with E-state index in [1.807, 2.05) is 56.7 Å². The smallest absolute Gasteiger partial charge is 0.252 e. The van der Waals surface area contributed by atoms with Crippen LogP contribution in [0.2, 0.25) is 5.02 Å². The molecule has 0 bridgehead atoms. The SMILES string of the molecule is CSc1cccc2sc(N(CCN(C)C)C(=O)C=Cc3ccccc3Cl)nc12. The van der Waals surface area contributed by atoms with Crippen LogP contribution >= 0.6 is 34.7 Å². The lowest BCUT2D eigenvalue weighted by molar-refractivity contribution is -0.114. The Balaban J connectivity index is 1.92. The highest BCUT2D eigenvalue weighted by atomic mass is 35.5. The van der Waals surface area contributed by atoms with Gasteiger partial charge in [0.1, 0.15) is 0 Å². The summed E-state index contributed by atoms with van der Waals surface area (Å²) in [4.78, 5) is 22.7. The average Bonchev–Trinajstić information content (AvgIpc) is 3.11. The van der Waals surface area contributed by atoms with Crippen molar-refractivity contribution in [2.24, 2.45) is 0 Å². The van der Waals surface area contributed by atoms with Gasteiger partial charge in [0, 0.05) is 29.1 Å². The zero-order chi connectivity index (χ0) is 20.1. The molecule has 1 aromatic heterocycles. The van der Waals surface area contributed by atoms with E-state index in [1.54, 1.807) is 40.2 Å². The van der Waals surface area contributed by atoms with Crippen molar-refractivity contribution in [1.29, 1.82) is 0 Å². The number of carbonyl (C=O) groups is 1. The molecule has 28 heavy (non-hydrogen) atoms. The average molecular weight is 432 g/mol. The van der Waals surface area contributed by atoms with Gasteiger partial charge in [0.25, 0.3) is 5.91 Å². The van der Waals surface area contributed by atoms with E-state index in [2.05, 4.69) is 11.0 Å². The van der Waals surface area contributed by atoms with Crippen LogP contribution in [0.4, 0.5) is 5.13 Å². The van der Waals surface area contributed by atoms with Gasteiger partial charge in [-0.3, -0.25) is 9.69 Å². The quantitative estimate of drug-likeness (QED) is 0.376. The molecule has 0 saturated carbocycles. The first-order valence-corrected chi connectivity index (χ1v) is 11.2.